The van der Waals surface area contributed by atoms with Gasteiger partial charge in [0.25, 0.3) is 0 Å². The highest BCUT2D eigenvalue weighted by Gasteiger charge is 2.13. The smallest absolute Gasteiger partial charge is 0.335 e. The number of benzene rings is 1. The van der Waals surface area contributed by atoms with Crippen molar-refractivity contribution in [2.75, 3.05) is 0 Å². The van der Waals surface area contributed by atoms with E-state index < -0.39 is 5.97 Å². The number of pyridine rings is 1. The lowest BCUT2D eigenvalue weighted by atomic mass is 10.2. The number of ether oxygens (including phenoxy) is 1. The van der Waals surface area contributed by atoms with Crippen LogP contribution in [0.1, 0.15) is 21.5 Å². The van der Waals surface area contributed by atoms with Crippen molar-refractivity contribution in [2.45, 2.75) is 6.92 Å². The number of aromatic nitrogens is 1. The van der Waals surface area contributed by atoms with Crippen LogP contribution in [0.3, 0.4) is 0 Å². The van der Waals surface area contributed by atoms with Crippen molar-refractivity contribution in [1.29, 1.82) is 5.26 Å². The molecule has 1 aromatic carbocycles. The molecule has 1 N–H and O–H groups in total. The van der Waals surface area contributed by atoms with Gasteiger partial charge >= 0.3 is 5.97 Å². The molecule has 2 rings (SSSR count). The van der Waals surface area contributed by atoms with Crippen LogP contribution in [-0.2, 0) is 0 Å². The van der Waals surface area contributed by atoms with E-state index in [0.29, 0.717) is 5.56 Å². The maximum Gasteiger partial charge on any atom is 0.335 e. The molecule has 0 saturated carbocycles. The molecule has 0 saturated heterocycles. The van der Waals surface area contributed by atoms with Crippen LogP contribution in [0.2, 0.25) is 5.02 Å². The fourth-order valence-corrected chi connectivity index (χ4v) is 1.79. The predicted molar refractivity (Wildman–Crippen MR) is 72.2 cm³/mol. The number of carbonyl (C=O) groups is 1. The van der Waals surface area contributed by atoms with Crippen LogP contribution >= 0.6 is 11.6 Å². The van der Waals surface area contributed by atoms with Gasteiger partial charge in [-0.2, -0.15) is 5.26 Å². The van der Waals surface area contributed by atoms with Crippen LogP contribution in [0.5, 0.6) is 11.6 Å². The maximum absolute atomic E-state index is 10.8. The van der Waals surface area contributed by atoms with Gasteiger partial charge in [0.05, 0.1) is 10.6 Å². The molecule has 2 aromatic rings. The van der Waals surface area contributed by atoms with E-state index in [-0.39, 0.29) is 22.2 Å². The molecule has 1 heterocycles. The minimum Gasteiger partial charge on any atom is -0.478 e. The Morgan fingerprint density at radius 1 is 1.45 bits per heavy atom. The van der Waals surface area contributed by atoms with Gasteiger partial charge in [0.2, 0.25) is 5.88 Å². The van der Waals surface area contributed by atoms with E-state index in [1.54, 1.807) is 13.0 Å². The number of hydrogen-bond donors (Lipinski definition) is 1. The van der Waals surface area contributed by atoms with Crippen LogP contribution in [0.4, 0.5) is 0 Å². The second kappa shape index (κ2) is 5.59. The average molecular weight is 289 g/mol. The summed E-state index contributed by atoms with van der Waals surface area (Å²) in [6, 6.07) is 7.78. The van der Waals surface area contributed by atoms with Gasteiger partial charge in [-0.1, -0.05) is 11.6 Å². The zero-order chi connectivity index (χ0) is 14.7. The van der Waals surface area contributed by atoms with Gasteiger partial charge in [0, 0.05) is 6.20 Å². The van der Waals surface area contributed by atoms with Crippen molar-refractivity contribution in [1.82, 2.24) is 4.98 Å². The molecule has 20 heavy (non-hydrogen) atoms. The van der Waals surface area contributed by atoms with Gasteiger partial charge in [-0.25, -0.2) is 9.78 Å². The Hall–Kier alpha value is -2.58. The summed E-state index contributed by atoms with van der Waals surface area (Å²) in [5.74, 6) is -0.700. The van der Waals surface area contributed by atoms with Gasteiger partial charge in [-0.05, 0) is 36.8 Å². The molecule has 0 amide bonds. The minimum absolute atomic E-state index is 0.0556. The van der Waals surface area contributed by atoms with Crippen LogP contribution in [-0.4, -0.2) is 16.1 Å². The fourth-order valence-electron chi connectivity index (χ4n) is 1.57. The highest BCUT2D eigenvalue weighted by Crippen LogP contribution is 2.31. The summed E-state index contributed by atoms with van der Waals surface area (Å²) < 4.78 is 5.49. The van der Waals surface area contributed by atoms with Gasteiger partial charge < -0.3 is 9.84 Å². The van der Waals surface area contributed by atoms with Crippen molar-refractivity contribution < 1.29 is 14.6 Å². The van der Waals surface area contributed by atoms with Crippen molar-refractivity contribution >= 4 is 17.6 Å². The van der Waals surface area contributed by atoms with Crippen molar-refractivity contribution in [3.8, 4) is 17.7 Å². The number of carboxylic acids is 1. The molecule has 0 aliphatic heterocycles. The summed E-state index contributed by atoms with van der Waals surface area (Å²) in [7, 11) is 0. The van der Waals surface area contributed by atoms with Gasteiger partial charge in [-0.3, -0.25) is 0 Å². The molecule has 5 nitrogen and oxygen atoms in total. The number of aromatic carboxylic acids is 1. The number of nitrogens with zero attached hydrogens (tertiary/aromatic N) is 2. The highest BCUT2D eigenvalue weighted by atomic mass is 35.5. The lowest BCUT2D eigenvalue weighted by Crippen LogP contribution is -1.98. The molecule has 0 fully saturated rings. The molecule has 1 aromatic heterocycles. The van der Waals surface area contributed by atoms with E-state index in [1.165, 1.54) is 24.4 Å². The molecular formula is C14H9ClN2O3. The first-order valence-corrected chi connectivity index (χ1v) is 5.97. The van der Waals surface area contributed by atoms with Crippen molar-refractivity contribution in [3.63, 3.8) is 0 Å². The van der Waals surface area contributed by atoms with E-state index in [4.69, 9.17) is 26.7 Å². The van der Waals surface area contributed by atoms with Gasteiger partial charge in [-0.15, -0.1) is 0 Å². The van der Waals surface area contributed by atoms with E-state index in [0.717, 1.165) is 5.56 Å². The molecule has 0 radical (unpaired) electrons. The summed E-state index contributed by atoms with van der Waals surface area (Å²) >= 11 is 5.96. The summed E-state index contributed by atoms with van der Waals surface area (Å²) in [5.41, 5.74) is 1.10. The van der Waals surface area contributed by atoms with Crippen LogP contribution in [0, 0.1) is 18.3 Å². The number of rotatable bonds is 3. The summed E-state index contributed by atoms with van der Waals surface area (Å²) in [6.45, 7) is 1.77. The Bertz CT molecular complexity index is 723. The minimum atomic E-state index is -1.08. The van der Waals surface area contributed by atoms with Crippen LogP contribution in [0.15, 0.2) is 30.5 Å². The third-order valence-electron chi connectivity index (χ3n) is 2.62. The third kappa shape index (κ3) is 2.71. The lowest BCUT2D eigenvalue weighted by Gasteiger charge is -2.09. The normalized spacial score (nSPS) is 9.85. The second-order valence-electron chi connectivity index (χ2n) is 3.97. The first kappa shape index (κ1) is 13.8. The number of hydrogen-bond acceptors (Lipinski definition) is 4. The zero-order valence-electron chi connectivity index (χ0n) is 10.4. The van der Waals surface area contributed by atoms with E-state index >= 15 is 0 Å². The van der Waals surface area contributed by atoms with E-state index in [1.807, 2.05) is 6.07 Å². The second-order valence-corrected chi connectivity index (χ2v) is 4.38. The first-order chi connectivity index (χ1) is 9.52. The lowest BCUT2D eigenvalue weighted by molar-refractivity contribution is 0.0697. The zero-order valence-corrected chi connectivity index (χ0v) is 11.2. The molecule has 0 unspecified atom stereocenters. The fraction of sp³-hybridized carbons (Fsp3) is 0.0714. The molecule has 0 aliphatic rings. The SMILES string of the molecule is Cc1ccnc(Oc2ccc(C(=O)O)cc2Cl)c1C#N. The summed E-state index contributed by atoms with van der Waals surface area (Å²) in [6.07, 6.45) is 1.52. The van der Waals surface area contributed by atoms with E-state index in [2.05, 4.69) is 4.98 Å². The van der Waals surface area contributed by atoms with Crippen LogP contribution < -0.4 is 4.74 Å². The molecule has 100 valence electrons. The van der Waals surface area contributed by atoms with Gasteiger partial charge in [0.1, 0.15) is 17.4 Å². The monoisotopic (exact) mass is 288 g/mol. The molecule has 0 atom stereocenters. The Morgan fingerprint density at radius 3 is 2.80 bits per heavy atom. The number of halogens is 1. The number of carboxylic acid groups (broad SMARTS) is 1. The Balaban J connectivity index is 2.39. The quantitative estimate of drug-likeness (QED) is 0.935. The molecule has 0 aliphatic carbocycles. The third-order valence-corrected chi connectivity index (χ3v) is 2.92. The average Bonchev–Trinajstić information content (AvgIpc) is 2.41. The molecule has 0 spiro atoms. The molecular weight excluding hydrogens is 280 g/mol. The highest BCUT2D eigenvalue weighted by molar-refractivity contribution is 6.32. The Labute approximate surface area is 120 Å². The predicted octanol–water partition coefficient (Wildman–Crippen LogP) is 3.41. The molecule has 6 heteroatoms. The largest absolute Gasteiger partial charge is 0.478 e. The number of nitriles is 1. The standard InChI is InChI=1S/C14H9ClN2O3/c1-8-4-5-17-13(10(8)7-16)20-12-3-2-9(14(18)19)6-11(12)15/h2-6H,1H3,(H,18,19). The number of aryl methyl sites for hydroxylation is 1. The molecule has 0 bridgehead atoms. The summed E-state index contributed by atoms with van der Waals surface area (Å²) in [4.78, 5) is 14.8. The van der Waals surface area contributed by atoms with E-state index in [9.17, 15) is 4.79 Å². The summed E-state index contributed by atoms with van der Waals surface area (Å²) in [5, 5.41) is 18.1. The maximum atomic E-state index is 10.8. The Morgan fingerprint density at radius 2 is 2.20 bits per heavy atom. The first-order valence-electron chi connectivity index (χ1n) is 5.59. The Kier molecular flexibility index (Phi) is 3.87. The van der Waals surface area contributed by atoms with Crippen molar-refractivity contribution in [2.24, 2.45) is 0 Å². The van der Waals surface area contributed by atoms with Crippen molar-refractivity contribution in [3.05, 3.63) is 52.2 Å². The van der Waals surface area contributed by atoms with Gasteiger partial charge in [0.15, 0.2) is 0 Å². The van der Waals surface area contributed by atoms with Crippen LogP contribution in [0.25, 0.3) is 0 Å². The topological polar surface area (TPSA) is 83.2 Å².